The number of ether oxygens (including phenoxy) is 3. The molecule has 0 aliphatic carbocycles. The first kappa shape index (κ1) is 24.9. The average molecular weight is 385 g/mol. The molecule has 0 saturated carbocycles. The molecule has 1 unspecified atom stereocenters. The highest BCUT2D eigenvalue weighted by atomic mass is 28.4. The second kappa shape index (κ2) is 16.1. The van der Waals surface area contributed by atoms with Gasteiger partial charge in [-0.1, -0.05) is 13.8 Å². The van der Waals surface area contributed by atoms with Crippen LogP contribution < -0.4 is 0 Å². The van der Waals surface area contributed by atoms with E-state index in [1.165, 1.54) is 0 Å². The van der Waals surface area contributed by atoms with Crippen molar-refractivity contribution in [1.29, 1.82) is 0 Å². The third kappa shape index (κ3) is 11.3. The third-order valence-electron chi connectivity index (χ3n) is 3.22. The Bertz CT molecular complexity index is 287. The Morgan fingerprint density at radius 1 is 0.760 bits per heavy atom. The summed E-state index contributed by atoms with van der Waals surface area (Å²) in [5, 5.41) is 17.5. The summed E-state index contributed by atoms with van der Waals surface area (Å²) < 4.78 is 34.1. The van der Waals surface area contributed by atoms with E-state index in [1.807, 2.05) is 27.7 Å². The summed E-state index contributed by atoms with van der Waals surface area (Å²) in [6.07, 6.45) is -0.323. The summed E-state index contributed by atoms with van der Waals surface area (Å²) in [6, 6.07) is 0. The summed E-state index contributed by atoms with van der Waals surface area (Å²) in [4.78, 5) is 0. The minimum Gasteiger partial charge on any atom is -0.394 e. The fraction of sp³-hybridized carbons (Fsp3) is 1.00. The van der Waals surface area contributed by atoms with Crippen LogP contribution in [0.5, 0.6) is 0 Å². The summed E-state index contributed by atoms with van der Waals surface area (Å²) >= 11 is 0. The van der Waals surface area contributed by atoms with Gasteiger partial charge in [0.25, 0.3) is 0 Å². The number of aliphatic hydroxyl groups is 2. The molecule has 0 aliphatic heterocycles. The van der Waals surface area contributed by atoms with E-state index < -0.39 is 8.80 Å². The highest BCUT2D eigenvalue weighted by Gasteiger charge is 2.45. The molecule has 0 aromatic rings. The molecule has 9 heteroatoms. The predicted molar refractivity (Wildman–Crippen MR) is 95.6 cm³/mol. The van der Waals surface area contributed by atoms with E-state index >= 15 is 0 Å². The van der Waals surface area contributed by atoms with Gasteiger partial charge in [-0.05, 0) is 13.8 Å². The number of hydrogen-bond donors (Lipinski definition) is 2. The van der Waals surface area contributed by atoms with Crippen molar-refractivity contribution >= 4 is 8.80 Å². The minimum atomic E-state index is -2.79. The lowest BCUT2D eigenvalue weighted by molar-refractivity contribution is -0.0725. The van der Waals surface area contributed by atoms with Gasteiger partial charge in [0.1, 0.15) is 6.10 Å². The van der Waals surface area contributed by atoms with E-state index in [2.05, 4.69) is 0 Å². The van der Waals surface area contributed by atoms with Crippen molar-refractivity contribution in [2.24, 2.45) is 0 Å². The van der Waals surface area contributed by atoms with Crippen LogP contribution in [0.1, 0.15) is 27.7 Å². The van der Waals surface area contributed by atoms with Crippen LogP contribution in [0.2, 0.25) is 5.54 Å². The zero-order valence-corrected chi connectivity index (χ0v) is 17.1. The van der Waals surface area contributed by atoms with Gasteiger partial charge in [-0.2, -0.15) is 0 Å². The van der Waals surface area contributed by atoms with Crippen molar-refractivity contribution in [1.82, 2.24) is 0 Å². The fourth-order valence-electron chi connectivity index (χ4n) is 2.10. The van der Waals surface area contributed by atoms with Crippen molar-refractivity contribution in [2.45, 2.75) is 39.3 Å². The molecule has 25 heavy (non-hydrogen) atoms. The van der Waals surface area contributed by atoms with E-state index in [4.69, 9.17) is 37.7 Å². The molecular formula is C16H36O8Si. The normalized spacial score (nSPS) is 13.6. The molecule has 0 rings (SSSR count). The maximum atomic E-state index is 8.85. The van der Waals surface area contributed by atoms with Gasteiger partial charge in [0, 0.05) is 18.8 Å². The molecular weight excluding hydrogens is 348 g/mol. The van der Waals surface area contributed by atoms with Crippen LogP contribution in [-0.4, -0.2) is 91.2 Å². The van der Waals surface area contributed by atoms with Gasteiger partial charge >= 0.3 is 8.80 Å². The zero-order valence-electron chi connectivity index (χ0n) is 16.1. The average Bonchev–Trinajstić information content (AvgIpc) is 2.59. The topological polar surface area (TPSA) is 95.8 Å². The zero-order chi connectivity index (χ0) is 19.0. The fourth-order valence-corrected chi connectivity index (χ4v) is 4.57. The maximum absolute atomic E-state index is 8.85. The van der Waals surface area contributed by atoms with E-state index in [1.54, 1.807) is 0 Å². The minimum absolute atomic E-state index is 0.0165. The van der Waals surface area contributed by atoms with Crippen molar-refractivity contribution in [3.63, 3.8) is 0 Å². The molecule has 8 nitrogen and oxygen atoms in total. The van der Waals surface area contributed by atoms with E-state index in [-0.39, 0.29) is 44.7 Å². The van der Waals surface area contributed by atoms with Crippen LogP contribution in [0.25, 0.3) is 0 Å². The van der Waals surface area contributed by atoms with Crippen LogP contribution in [0.3, 0.4) is 0 Å². The summed E-state index contributed by atoms with van der Waals surface area (Å²) in [6.45, 7) is 10.7. The van der Waals surface area contributed by atoms with Gasteiger partial charge in [-0.15, -0.1) is 0 Å². The first-order valence-corrected chi connectivity index (χ1v) is 10.8. The predicted octanol–water partition coefficient (Wildman–Crippen LogP) is 0.828. The van der Waals surface area contributed by atoms with Crippen molar-refractivity contribution in [3.8, 4) is 0 Å². The SMILES string of the molecule is CCO[Si](OCC)(OCC(COCCO)OCCOCCO)C(C)C. The molecule has 0 saturated heterocycles. The molecule has 0 bridgehead atoms. The smallest absolute Gasteiger partial charge is 0.394 e. The Hall–Kier alpha value is -0.103. The van der Waals surface area contributed by atoms with E-state index in [0.29, 0.717) is 33.0 Å². The quantitative estimate of drug-likeness (QED) is 0.265. The Morgan fingerprint density at radius 2 is 1.36 bits per heavy atom. The summed E-state index contributed by atoms with van der Waals surface area (Å²) in [5.41, 5.74) is 0.124. The van der Waals surface area contributed by atoms with E-state index in [0.717, 1.165) is 0 Å². The lowest BCUT2D eigenvalue weighted by Crippen LogP contribution is -2.50. The van der Waals surface area contributed by atoms with Crippen LogP contribution in [0.4, 0.5) is 0 Å². The second-order valence-electron chi connectivity index (χ2n) is 5.56. The molecule has 0 radical (unpaired) electrons. The molecule has 0 heterocycles. The lowest BCUT2D eigenvalue weighted by Gasteiger charge is -2.33. The number of rotatable bonds is 18. The number of hydrogen-bond acceptors (Lipinski definition) is 8. The van der Waals surface area contributed by atoms with Crippen LogP contribution in [0, 0.1) is 0 Å². The molecule has 0 aromatic carbocycles. The van der Waals surface area contributed by atoms with Crippen molar-refractivity contribution < 1.29 is 37.7 Å². The third-order valence-corrected chi connectivity index (χ3v) is 6.59. The summed E-state index contributed by atoms with van der Waals surface area (Å²) in [5.74, 6) is 0. The first-order valence-electron chi connectivity index (χ1n) is 8.96. The van der Waals surface area contributed by atoms with Gasteiger partial charge < -0.3 is 37.7 Å². The molecule has 0 aromatic heterocycles. The standard InChI is InChI=1S/C16H36O8Si/c1-5-22-25(15(3)4,23-6-2)24-14-16(13-20-10-8-18)21-12-11-19-9-7-17/h15-18H,5-14H2,1-4H3. The molecule has 0 spiro atoms. The van der Waals surface area contributed by atoms with Gasteiger partial charge in [-0.25, -0.2) is 0 Å². The van der Waals surface area contributed by atoms with Crippen molar-refractivity contribution in [2.75, 3.05) is 66.1 Å². The molecule has 2 N–H and O–H groups in total. The molecule has 0 amide bonds. The van der Waals surface area contributed by atoms with Crippen molar-refractivity contribution in [3.05, 3.63) is 0 Å². The van der Waals surface area contributed by atoms with Crippen LogP contribution >= 0.6 is 0 Å². The second-order valence-corrected chi connectivity index (χ2v) is 8.79. The van der Waals surface area contributed by atoms with E-state index in [9.17, 15) is 0 Å². The van der Waals surface area contributed by atoms with Gasteiger partial charge in [0.2, 0.25) is 0 Å². The lowest BCUT2D eigenvalue weighted by atomic mass is 10.4. The van der Waals surface area contributed by atoms with Gasteiger partial charge in [0.15, 0.2) is 0 Å². The van der Waals surface area contributed by atoms with Crippen LogP contribution in [-0.2, 0) is 27.5 Å². The Kier molecular flexibility index (Phi) is 16.0. The molecule has 0 fully saturated rings. The Balaban J connectivity index is 4.59. The largest absolute Gasteiger partial charge is 0.503 e. The maximum Gasteiger partial charge on any atom is 0.503 e. The molecule has 0 aliphatic rings. The molecule has 1 atom stereocenters. The Labute approximate surface area is 152 Å². The highest BCUT2D eigenvalue weighted by molar-refractivity contribution is 6.62. The van der Waals surface area contributed by atoms with Crippen LogP contribution in [0.15, 0.2) is 0 Å². The highest BCUT2D eigenvalue weighted by Crippen LogP contribution is 2.25. The van der Waals surface area contributed by atoms with Gasteiger partial charge in [0.05, 0.1) is 52.9 Å². The number of aliphatic hydroxyl groups excluding tert-OH is 2. The van der Waals surface area contributed by atoms with Gasteiger partial charge in [-0.3, -0.25) is 0 Å². The summed E-state index contributed by atoms with van der Waals surface area (Å²) in [7, 11) is -2.79. The first-order chi connectivity index (χ1) is 12.1. The molecule has 152 valence electrons. The Morgan fingerprint density at radius 3 is 1.88 bits per heavy atom. The monoisotopic (exact) mass is 384 g/mol.